The molecule has 4 rings (SSSR count). The zero-order valence-electron chi connectivity index (χ0n) is 16.0. The van der Waals surface area contributed by atoms with Gasteiger partial charge in [-0.2, -0.15) is 4.98 Å². The summed E-state index contributed by atoms with van der Waals surface area (Å²) in [6.45, 7) is 0. The molecule has 0 saturated heterocycles. The number of hydrogen-bond acceptors (Lipinski definition) is 5. The van der Waals surface area contributed by atoms with Gasteiger partial charge in [-0.3, -0.25) is 14.9 Å². The molecular formula is C21H17Cl2N5O3. The summed E-state index contributed by atoms with van der Waals surface area (Å²) in [5, 5.41) is 20.2. The minimum absolute atomic E-state index is 0.0857. The maximum atomic E-state index is 12.0. The van der Waals surface area contributed by atoms with Crippen molar-refractivity contribution in [2.75, 3.05) is 10.6 Å². The van der Waals surface area contributed by atoms with Crippen molar-refractivity contribution >= 4 is 52.7 Å². The predicted molar refractivity (Wildman–Crippen MR) is 118 cm³/mol. The summed E-state index contributed by atoms with van der Waals surface area (Å²) >= 11 is 12.1. The summed E-state index contributed by atoms with van der Waals surface area (Å²) in [6, 6.07) is 14.4. The molecule has 0 radical (unpaired) electrons. The van der Waals surface area contributed by atoms with Gasteiger partial charge in [-0.15, -0.1) is 5.10 Å². The van der Waals surface area contributed by atoms with Crippen molar-refractivity contribution in [1.29, 1.82) is 0 Å². The van der Waals surface area contributed by atoms with Crippen LogP contribution in [0.1, 0.15) is 30.0 Å². The first-order valence-electron chi connectivity index (χ1n) is 9.37. The lowest BCUT2D eigenvalue weighted by atomic mass is 10.0. The van der Waals surface area contributed by atoms with Crippen molar-refractivity contribution in [2.24, 2.45) is 0 Å². The maximum Gasteiger partial charge on any atom is 0.303 e. The summed E-state index contributed by atoms with van der Waals surface area (Å²) in [5.41, 5.74) is 2.64. The van der Waals surface area contributed by atoms with Crippen LogP contribution < -0.4 is 10.6 Å². The number of benzene rings is 2. The summed E-state index contributed by atoms with van der Waals surface area (Å²) in [7, 11) is 0. The highest BCUT2D eigenvalue weighted by atomic mass is 35.5. The fourth-order valence-corrected chi connectivity index (χ4v) is 3.40. The summed E-state index contributed by atoms with van der Waals surface area (Å²) < 4.78 is 1.65. The third-order valence-electron chi connectivity index (χ3n) is 4.65. The normalized spacial score (nSPS) is 14.9. The third kappa shape index (κ3) is 4.87. The van der Waals surface area contributed by atoms with Crippen LogP contribution >= 0.6 is 23.2 Å². The predicted octanol–water partition coefficient (Wildman–Crippen LogP) is 4.44. The Labute approximate surface area is 187 Å². The van der Waals surface area contributed by atoms with Crippen LogP contribution in [0, 0.1) is 0 Å². The Bertz CT molecular complexity index is 1160. The van der Waals surface area contributed by atoms with Crippen molar-refractivity contribution in [3.8, 4) is 0 Å². The largest absolute Gasteiger partial charge is 0.481 e. The number of hydrogen-bond donors (Lipinski definition) is 3. The second kappa shape index (κ2) is 8.79. The van der Waals surface area contributed by atoms with Gasteiger partial charge in [0.15, 0.2) is 0 Å². The van der Waals surface area contributed by atoms with Crippen LogP contribution in [0.15, 0.2) is 54.6 Å². The lowest BCUT2D eigenvalue weighted by Gasteiger charge is -2.24. The van der Waals surface area contributed by atoms with Crippen LogP contribution in [-0.2, 0) is 9.59 Å². The molecule has 8 nitrogen and oxygen atoms in total. The lowest BCUT2D eigenvalue weighted by molar-refractivity contribution is -0.138. The molecule has 0 saturated carbocycles. The number of carboxylic acid groups (broad SMARTS) is 1. The summed E-state index contributed by atoms with van der Waals surface area (Å²) in [6.07, 6.45) is 1.55. The minimum Gasteiger partial charge on any atom is -0.481 e. The van der Waals surface area contributed by atoms with Crippen molar-refractivity contribution in [3.63, 3.8) is 0 Å². The quantitative estimate of drug-likeness (QED) is 0.504. The Morgan fingerprint density at radius 2 is 1.68 bits per heavy atom. The molecule has 1 atom stereocenters. The maximum absolute atomic E-state index is 12.0. The van der Waals surface area contributed by atoms with Crippen molar-refractivity contribution in [1.82, 2.24) is 14.8 Å². The number of nitrogens with one attached hydrogen (secondary N) is 2. The number of carbonyl (C=O) groups excluding carboxylic acids is 1. The third-order valence-corrected chi connectivity index (χ3v) is 5.15. The van der Waals surface area contributed by atoms with E-state index in [-0.39, 0.29) is 24.8 Å². The molecule has 3 N–H and O–H groups in total. The molecule has 1 unspecified atom stereocenters. The number of anilines is 2. The Kier molecular flexibility index (Phi) is 5.92. The molecule has 2 aromatic carbocycles. The van der Waals surface area contributed by atoms with Crippen molar-refractivity contribution < 1.29 is 14.7 Å². The van der Waals surface area contributed by atoms with Gasteiger partial charge >= 0.3 is 5.97 Å². The average molecular weight is 458 g/mol. The number of nitrogens with zero attached hydrogens (tertiary/aromatic N) is 3. The number of rotatable bonds is 6. The molecule has 0 spiro atoms. The van der Waals surface area contributed by atoms with E-state index in [1.54, 1.807) is 28.9 Å². The number of fused-ring (bicyclic) bond motifs is 1. The fraction of sp³-hybridized carbons (Fsp3) is 0.143. The smallest absolute Gasteiger partial charge is 0.303 e. The van der Waals surface area contributed by atoms with E-state index in [0.717, 1.165) is 16.8 Å². The highest BCUT2D eigenvalue weighted by Crippen LogP contribution is 2.33. The number of halogens is 2. The van der Waals surface area contributed by atoms with Crippen LogP contribution in [0.5, 0.6) is 0 Å². The van der Waals surface area contributed by atoms with E-state index < -0.39 is 11.9 Å². The Hall–Kier alpha value is -3.36. The van der Waals surface area contributed by atoms with E-state index in [1.807, 2.05) is 30.3 Å². The van der Waals surface area contributed by atoms with Gasteiger partial charge < -0.3 is 10.4 Å². The van der Waals surface area contributed by atoms with Gasteiger partial charge in [-0.25, -0.2) is 4.68 Å². The molecule has 0 aliphatic carbocycles. The molecule has 1 aliphatic rings. The Balaban J connectivity index is 1.67. The Morgan fingerprint density at radius 1 is 1.03 bits per heavy atom. The van der Waals surface area contributed by atoms with Crippen LogP contribution in [0.3, 0.4) is 0 Å². The van der Waals surface area contributed by atoms with Gasteiger partial charge in [-0.1, -0.05) is 47.5 Å². The van der Waals surface area contributed by atoms with Crippen molar-refractivity contribution in [2.45, 2.75) is 18.9 Å². The number of carbonyl (C=O) groups is 2. The number of aromatic nitrogens is 3. The van der Waals surface area contributed by atoms with Crippen molar-refractivity contribution in [3.05, 3.63) is 75.8 Å². The SMILES string of the molecule is O=C(O)CCC(=O)Nc1nc2n(n1)C(c1ccc(Cl)cc1)C=C(c1ccc(Cl)cc1)N2. The van der Waals surface area contributed by atoms with Crippen LogP contribution in [0.4, 0.5) is 11.9 Å². The molecule has 1 aromatic heterocycles. The molecule has 1 aliphatic heterocycles. The van der Waals surface area contributed by atoms with Crippen LogP contribution in [0.25, 0.3) is 5.70 Å². The zero-order valence-corrected chi connectivity index (χ0v) is 17.6. The van der Waals surface area contributed by atoms with E-state index in [1.165, 1.54) is 0 Å². The number of carboxylic acids is 1. The average Bonchev–Trinajstić information content (AvgIpc) is 3.15. The highest BCUT2D eigenvalue weighted by Gasteiger charge is 2.26. The van der Waals surface area contributed by atoms with Gasteiger partial charge in [0, 0.05) is 22.2 Å². The first-order chi connectivity index (χ1) is 14.9. The van der Waals surface area contributed by atoms with Gasteiger partial charge in [0.05, 0.1) is 6.42 Å². The second-order valence-corrected chi connectivity index (χ2v) is 7.73. The van der Waals surface area contributed by atoms with Gasteiger partial charge in [-0.05, 0) is 41.5 Å². The second-order valence-electron chi connectivity index (χ2n) is 6.85. The lowest BCUT2D eigenvalue weighted by Crippen LogP contribution is -2.20. The standard InChI is InChI=1S/C21H17Cl2N5O3/c22-14-5-1-12(2-6-14)16-11-17(13-3-7-15(23)8-4-13)28-21(24-16)26-20(27-28)25-18(29)9-10-19(30)31/h1-8,11,17H,9-10H2,(H,30,31)(H2,24,25,26,27,29). The molecule has 0 bridgehead atoms. The minimum atomic E-state index is -1.05. The molecule has 0 fully saturated rings. The van der Waals surface area contributed by atoms with Gasteiger partial charge in [0.1, 0.15) is 6.04 Å². The monoisotopic (exact) mass is 457 g/mol. The van der Waals surface area contributed by atoms with Gasteiger partial charge in [0.2, 0.25) is 11.9 Å². The topological polar surface area (TPSA) is 109 Å². The summed E-state index contributed by atoms with van der Waals surface area (Å²) in [5.74, 6) is -1.00. The zero-order chi connectivity index (χ0) is 22.0. The fourth-order valence-electron chi connectivity index (χ4n) is 3.15. The van der Waals surface area contributed by atoms with Gasteiger partial charge in [0.25, 0.3) is 5.95 Å². The van der Waals surface area contributed by atoms with E-state index in [4.69, 9.17) is 28.3 Å². The molecule has 3 aromatic rings. The first kappa shape index (κ1) is 20.9. The van der Waals surface area contributed by atoms with Crippen LogP contribution in [-0.4, -0.2) is 31.7 Å². The summed E-state index contributed by atoms with van der Waals surface area (Å²) in [4.78, 5) is 27.1. The highest BCUT2D eigenvalue weighted by molar-refractivity contribution is 6.30. The van der Waals surface area contributed by atoms with E-state index >= 15 is 0 Å². The van der Waals surface area contributed by atoms with Crippen LogP contribution in [0.2, 0.25) is 10.0 Å². The molecule has 10 heteroatoms. The van der Waals surface area contributed by atoms with E-state index in [2.05, 4.69) is 20.7 Å². The number of aliphatic carboxylic acids is 1. The molecular weight excluding hydrogens is 441 g/mol. The molecule has 1 amide bonds. The van der Waals surface area contributed by atoms with E-state index in [0.29, 0.717) is 16.0 Å². The first-order valence-corrected chi connectivity index (χ1v) is 10.1. The Morgan fingerprint density at radius 3 is 2.32 bits per heavy atom. The number of allylic oxidation sites excluding steroid dienone is 1. The molecule has 158 valence electrons. The molecule has 2 heterocycles. The van der Waals surface area contributed by atoms with E-state index in [9.17, 15) is 9.59 Å². The number of amides is 1. The molecule has 31 heavy (non-hydrogen) atoms.